The Morgan fingerprint density at radius 1 is 1.04 bits per heavy atom. The highest BCUT2D eigenvalue weighted by Crippen LogP contribution is 2.16. The van der Waals surface area contributed by atoms with Crippen LogP contribution >= 0.6 is 0 Å². The molecule has 1 aliphatic rings. The molecule has 0 bridgehead atoms. The third-order valence-electron chi connectivity index (χ3n) is 4.75. The fourth-order valence-electron chi connectivity index (χ4n) is 3.38. The number of hydrogen-bond acceptors (Lipinski definition) is 2. The monoisotopic (exact) mass is 322 g/mol. The molecule has 3 heteroatoms. The van der Waals surface area contributed by atoms with Gasteiger partial charge in [0.05, 0.1) is 0 Å². The Balaban J connectivity index is 1.43. The summed E-state index contributed by atoms with van der Waals surface area (Å²) < 4.78 is 0. The van der Waals surface area contributed by atoms with Gasteiger partial charge in [-0.25, -0.2) is 0 Å². The number of hydrogen-bond donors (Lipinski definition) is 1. The summed E-state index contributed by atoms with van der Waals surface area (Å²) in [5, 5.41) is 3.10. The number of carbonyl (C=O) groups excluding carboxylic acids is 1. The maximum Gasteiger partial charge on any atom is 0.251 e. The van der Waals surface area contributed by atoms with Crippen LogP contribution in [0.25, 0.3) is 0 Å². The number of nitrogens with one attached hydrogen (secondary N) is 1. The predicted molar refractivity (Wildman–Crippen MR) is 98.1 cm³/mol. The molecule has 0 radical (unpaired) electrons. The van der Waals surface area contributed by atoms with Crippen LogP contribution in [0.15, 0.2) is 60.7 Å². The zero-order valence-corrected chi connectivity index (χ0v) is 14.2. The Labute approximate surface area is 144 Å². The van der Waals surface area contributed by atoms with Crippen molar-refractivity contribution in [3.05, 3.63) is 71.8 Å². The molecule has 0 aliphatic carbocycles. The van der Waals surface area contributed by atoms with E-state index in [0.29, 0.717) is 5.92 Å². The van der Waals surface area contributed by atoms with Crippen LogP contribution < -0.4 is 5.32 Å². The standard InChI is InChI=1S/C21H26N2O/c24-21(20-11-5-2-6-12-20)22-16-19-10-7-14-23(17-19)15-13-18-8-3-1-4-9-18/h1-6,8-9,11-12,19H,7,10,13-17H2,(H,22,24). The van der Waals surface area contributed by atoms with E-state index in [0.717, 1.165) is 31.6 Å². The van der Waals surface area contributed by atoms with E-state index in [-0.39, 0.29) is 5.91 Å². The zero-order valence-electron chi connectivity index (χ0n) is 14.2. The number of amides is 1. The highest BCUT2D eigenvalue weighted by atomic mass is 16.1. The molecule has 1 aliphatic heterocycles. The van der Waals surface area contributed by atoms with Crippen LogP contribution in [0.1, 0.15) is 28.8 Å². The van der Waals surface area contributed by atoms with Crippen LogP contribution in [0.2, 0.25) is 0 Å². The van der Waals surface area contributed by atoms with Crippen LogP contribution in [-0.2, 0) is 6.42 Å². The van der Waals surface area contributed by atoms with E-state index >= 15 is 0 Å². The second-order valence-corrected chi connectivity index (χ2v) is 6.62. The first-order chi connectivity index (χ1) is 11.8. The molecule has 0 saturated carbocycles. The van der Waals surface area contributed by atoms with E-state index in [4.69, 9.17) is 0 Å². The highest BCUT2D eigenvalue weighted by Gasteiger charge is 2.20. The summed E-state index contributed by atoms with van der Waals surface area (Å²) in [5.41, 5.74) is 2.14. The van der Waals surface area contributed by atoms with Gasteiger partial charge in [-0.05, 0) is 49.4 Å². The molecule has 3 nitrogen and oxygen atoms in total. The molecule has 1 heterocycles. The van der Waals surface area contributed by atoms with Crippen LogP contribution in [0.5, 0.6) is 0 Å². The van der Waals surface area contributed by atoms with Crippen molar-refractivity contribution >= 4 is 5.91 Å². The number of carbonyl (C=O) groups is 1. The number of piperidine rings is 1. The van der Waals surface area contributed by atoms with Crippen molar-refractivity contribution in [1.29, 1.82) is 0 Å². The summed E-state index contributed by atoms with van der Waals surface area (Å²) in [7, 11) is 0. The number of benzene rings is 2. The molecular formula is C21H26N2O. The summed E-state index contributed by atoms with van der Waals surface area (Å²) in [6.07, 6.45) is 3.53. The summed E-state index contributed by atoms with van der Waals surface area (Å²) in [6, 6.07) is 20.1. The molecule has 2 aromatic carbocycles. The minimum Gasteiger partial charge on any atom is -0.352 e. The van der Waals surface area contributed by atoms with Gasteiger partial charge in [-0.2, -0.15) is 0 Å². The van der Waals surface area contributed by atoms with Crippen LogP contribution in [0.4, 0.5) is 0 Å². The van der Waals surface area contributed by atoms with Crippen LogP contribution in [0, 0.1) is 5.92 Å². The lowest BCUT2D eigenvalue weighted by Crippen LogP contribution is -2.41. The Morgan fingerprint density at radius 2 is 1.75 bits per heavy atom. The maximum absolute atomic E-state index is 12.2. The minimum absolute atomic E-state index is 0.0389. The Hall–Kier alpha value is -2.13. The quantitative estimate of drug-likeness (QED) is 0.884. The molecule has 3 rings (SSSR count). The first-order valence-electron chi connectivity index (χ1n) is 8.91. The van der Waals surface area contributed by atoms with Gasteiger partial charge in [-0.3, -0.25) is 4.79 Å². The zero-order chi connectivity index (χ0) is 16.6. The maximum atomic E-state index is 12.2. The first-order valence-corrected chi connectivity index (χ1v) is 8.91. The predicted octanol–water partition coefficient (Wildman–Crippen LogP) is 3.37. The van der Waals surface area contributed by atoms with E-state index in [2.05, 4.69) is 40.5 Å². The van der Waals surface area contributed by atoms with Crippen molar-refractivity contribution in [3.63, 3.8) is 0 Å². The largest absolute Gasteiger partial charge is 0.352 e. The molecule has 1 unspecified atom stereocenters. The summed E-state index contributed by atoms with van der Waals surface area (Å²) in [4.78, 5) is 14.7. The van der Waals surface area contributed by atoms with Gasteiger partial charge in [0, 0.05) is 25.2 Å². The highest BCUT2D eigenvalue weighted by molar-refractivity contribution is 5.94. The topological polar surface area (TPSA) is 32.3 Å². The van der Waals surface area contributed by atoms with E-state index in [1.54, 1.807) is 0 Å². The Kier molecular flexibility index (Phi) is 6.02. The van der Waals surface area contributed by atoms with Gasteiger partial charge in [-0.15, -0.1) is 0 Å². The van der Waals surface area contributed by atoms with Crippen molar-refractivity contribution < 1.29 is 4.79 Å². The third kappa shape index (κ3) is 4.93. The molecule has 1 N–H and O–H groups in total. The van der Waals surface area contributed by atoms with Gasteiger partial charge in [-0.1, -0.05) is 48.5 Å². The second-order valence-electron chi connectivity index (χ2n) is 6.62. The SMILES string of the molecule is O=C(NCC1CCCN(CCc2ccccc2)C1)c1ccccc1. The molecule has 2 aromatic rings. The van der Waals surface area contributed by atoms with Crippen LogP contribution in [-0.4, -0.2) is 37.0 Å². The fraction of sp³-hybridized carbons (Fsp3) is 0.381. The molecule has 126 valence electrons. The molecule has 0 spiro atoms. The summed E-state index contributed by atoms with van der Waals surface area (Å²) in [5.74, 6) is 0.596. The van der Waals surface area contributed by atoms with Gasteiger partial charge >= 0.3 is 0 Å². The molecule has 0 aromatic heterocycles. The number of likely N-dealkylation sites (tertiary alicyclic amines) is 1. The van der Waals surface area contributed by atoms with E-state index < -0.39 is 0 Å². The van der Waals surface area contributed by atoms with Crippen molar-refractivity contribution in [2.24, 2.45) is 5.92 Å². The van der Waals surface area contributed by atoms with Gasteiger partial charge < -0.3 is 10.2 Å². The first kappa shape index (κ1) is 16.7. The number of rotatable bonds is 6. The molecule has 1 saturated heterocycles. The van der Waals surface area contributed by atoms with Crippen molar-refractivity contribution in [2.75, 3.05) is 26.2 Å². The van der Waals surface area contributed by atoms with Crippen molar-refractivity contribution in [3.8, 4) is 0 Å². The summed E-state index contributed by atoms with van der Waals surface area (Å²) in [6.45, 7) is 4.14. The number of nitrogens with zero attached hydrogens (tertiary/aromatic N) is 1. The van der Waals surface area contributed by atoms with E-state index in [9.17, 15) is 4.79 Å². The fourth-order valence-corrected chi connectivity index (χ4v) is 3.38. The lowest BCUT2D eigenvalue weighted by atomic mass is 9.97. The van der Waals surface area contributed by atoms with Crippen LogP contribution in [0.3, 0.4) is 0 Å². The third-order valence-corrected chi connectivity index (χ3v) is 4.75. The lowest BCUT2D eigenvalue weighted by Gasteiger charge is -2.32. The average molecular weight is 322 g/mol. The van der Waals surface area contributed by atoms with Crippen molar-refractivity contribution in [2.45, 2.75) is 19.3 Å². The molecule has 1 fully saturated rings. The van der Waals surface area contributed by atoms with Gasteiger partial charge in [0.25, 0.3) is 5.91 Å². The molecule has 1 atom stereocenters. The smallest absolute Gasteiger partial charge is 0.251 e. The van der Waals surface area contributed by atoms with E-state index in [1.165, 1.54) is 24.9 Å². The van der Waals surface area contributed by atoms with Gasteiger partial charge in [0.2, 0.25) is 0 Å². The summed E-state index contributed by atoms with van der Waals surface area (Å²) >= 11 is 0. The normalized spacial score (nSPS) is 18.2. The van der Waals surface area contributed by atoms with Gasteiger partial charge in [0.15, 0.2) is 0 Å². The Bertz CT molecular complexity index is 627. The lowest BCUT2D eigenvalue weighted by molar-refractivity contribution is 0.0933. The molecule has 1 amide bonds. The molecular weight excluding hydrogens is 296 g/mol. The van der Waals surface area contributed by atoms with Crippen molar-refractivity contribution in [1.82, 2.24) is 10.2 Å². The van der Waals surface area contributed by atoms with E-state index in [1.807, 2.05) is 30.3 Å². The average Bonchev–Trinajstić information content (AvgIpc) is 2.66. The Morgan fingerprint density at radius 3 is 2.50 bits per heavy atom. The van der Waals surface area contributed by atoms with Gasteiger partial charge in [0.1, 0.15) is 0 Å². The molecule has 24 heavy (non-hydrogen) atoms. The second kappa shape index (κ2) is 8.65. The minimum atomic E-state index is 0.0389.